The van der Waals surface area contributed by atoms with E-state index in [1.165, 1.54) is 4.68 Å². The second-order valence-corrected chi connectivity index (χ2v) is 7.31. The quantitative estimate of drug-likeness (QED) is 0.888. The maximum Gasteiger partial charge on any atom is 0.271 e. The van der Waals surface area contributed by atoms with Crippen LogP contribution in [0.2, 0.25) is 10.0 Å². The van der Waals surface area contributed by atoms with E-state index in [0.717, 1.165) is 5.69 Å². The highest BCUT2D eigenvalue weighted by Gasteiger charge is 2.20. The molecule has 0 atom stereocenters. The molecule has 1 aromatic carbocycles. The van der Waals surface area contributed by atoms with Gasteiger partial charge in [0.25, 0.3) is 5.56 Å². The van der Waals surface area contributed by atoms with Crippen molar-refractivity contribution in [3.8, 4) is 11.4 Å². The van der Waals surface area contributed by atoms with Crippen molar-refractivity contribution in [1.29, 1.82) is 0 Å². The first-order valence-corrected chi connectivity index (χ1v) is 7.84. The maximum absolute atomic E-state index is 12.3. The van der Waals surface area contributed by atoms with Crippen LogP contribution in [0.15, 0.2) is 23.0 Å². The molecule has 1 aromatic heterocycles. The zero-order valence-electron chi connectivity index (χ0n) is 13.3. The third-order valence-corrected chi connectivity index (χ3v) is 3.73. The summed E-state index contributed by atoms with van der Waals surface area (Å²) < 4.78 is 7.07. The van der Waals surface area contributed by atoms with Crippen molar-refractivity contribution in [3.63, 3.8) is 0 Å². The van der Waals surface area contributed by atoms with E-state index < -0.39 is 0 Å². The number of benzene rings is 1. The van der Waals surface area contributed by atoms with E-state index in [9.17, 15) is 4.79 Å². The molecule has 0 bridgehead atoms. The minimum Gasteiger partial charge on any atom is -0.489 e. The van der Waals surface area contributed by atoms with Crippen molar-refractivity contribution in [2.45, 2.75) is 46.1 Å². The molecule has 22 heavy (non-hydrogen) atoms. The zero-order valence-corrected chi connectivity index (χ0v) is 14.8. The molecule has 120 valence electrons. The lowest BCUT2D eigenvalue weighted by Gasteiger charge is -2.16. The van der Waals surface area contributed by atoms with Crippen molar-refractivity contribution < 1.29 is 4.74 Å². The molecule has 0 saturated heterocycles. The number of nitrogens with one attached hydrogen (secondary N) is 1. The van der Waals surface area contributed by atoms with Crippen LogP contribution in [0.1, 0.15) is 40.3 Å². The average Bonchev–Trinajstić information content (AvgIpc) is 2.74. The molecule has 1 heterocycles. The molecule has 6 heteroatoms. The standard InChI is InChI=1S/C16H20Cl2N2O2/c1-9(2)22-13-7-12(10(17)6-11(13)18)20-15(21)8-14(19-20)16(3,4)5/h6-9,19H,1-5H3. The average molecular weight is 343 g/mol. The fourth-order valence-corrected chi connectivity index (χ4v) is 2.51. The topological polar surface area (TPSA) is 47.0 Å². The van der Waals surface area contributed by atoms with E-state index >= 15 is 0 Å². The van der Waals surface area contributed by atoms with Gasteiger partial charge >= 0.3 is 0 Å². The van der Waals surface area contributed by atoms with Gasteiger partial charge in [-0.15, -0.1) is 0 Å². The van der Waals surface area contributed by atoms with Gasteiger partial charge < -0.3 is 4.74 Å². The van der Waals surface area contributed by atoms with Gasteiger partial charge in [0.05, 0.1) is 21.8 Å². The second-order valence-electron chi connectivity index (χ2n) is 6.49. The molecule has 0 radical (unpaired) electrons. The molecule has 0 aliphatic rings. The predicted octanol–water partition coefficient (Wildman–Crippen LogP) is 4.56. The van der Waals surface area contributed by atoms with Gasteiger partial charge in [0.15, 0.2) is 0 Å². The molecule has 0 unspecified atom stereocenters. The summed E-state index contributed by atoms with van der Waals surface area (Å²) in [5.74, 6) is 0.495. The Morgan fingerprint density at radius 3 is 2.27 bits per heavy atom. The maximum atomic E-state index is 12.3. The highest BCUT2D eigenvalue weighted by Crippen LogP contribution is 2.33. The minimum absolute atomic E-state index is 0.0305. The van der Waals surface area contributed by atoms with Gasteiger partial charge in [0, 0.05) is 23.2 Å². The van der Waals surface area contributed by atoms with Crippen molar-refractivity contribution in [2.24, 2.45) is 0 Å². The van der Waals surface area contributed by atoms with Crippen LogP contribution >= 0.6 is 23.2 Å². The number of H-pyrrole nitrogens is 1. The number of hydrogen-bond donors (Lipinski definition) is 1. The monoisotopic (exact) mass is 342 g/mol. The SMILES string of the molecule is CC(C)Oc1cc(-n2[nH]c(C(C)(C)C)cc2=O)c(Cl)cc1Cl. The molecule has 4 nitrogen and oxygen atoms in total. The first-order valence-electron chi connectivity index (χ1n) is 7.08. The molecule has 2 aromatic rings. The molecule has 0 amide bonds. The van der Waals surface area contributed by atoms with E-state index in [2.05, 4.69) is 5.10 Å². The van der Waals surface area contributed by atoms with Crippen molar-refractivity contribution >= 4 is 23.2 Å². The van der Waals surface area contributed by atoms with Crippen molar-refractivity contribution in [2.75, 3.05) is 0 Å². The van der Waals surface area contributed by atoms with Crippen molar-refractivity contribution in [1.82, 2.24) is 9.78 Å². The number of aromatic amines is 1. The summed E-state index contributed by atoms with van der Waals surface area (Å²) in [6.07, 6.45) is -0.0305. The van der Waals surface area contributed by atoms with Crippen LogP contribution in [0.3, 0.4) is 0 Å². The summed E-state index contributed by atoms with van der Waals surface area (Å²) in [5.41, 5.74) is 1.00. The van der Waals surface area contributed by atoms with Gasteiger partial charge in [-0.25, -0.2) is 4.68 Å². The Morgan fingerprint density at radius 1 is 1.14 bits per heavy atom. The number of rotatable bonds is 3. The molecule has 0 aliphatic heterocycles. The number of nitrogens with zero attached hydrogens (tertiary/aromatic N) is 1. The van der Waals surface area contributed by atoms with E-state index in [0.29, 0.717) is 21.5 Å². The van der Waals surface area contributed by atoms with E-state index in [-0.39, 0.29) is 17.1 Å². The van der Waals surface area contributed by atoms with Gasteiger partial charge in [0.1, 0.15) is 5.75 Å². The predicted molar refractivity (Wildman–Crippen MR) is 90.9 cm³/mol. The van der Waals surface area contributed by atoms with Crippen LogP contribution in [0.25, 0.3) is 5.69 Å². The van der Waals surface area contributed by atoms with Gasteiger partial charge in [-0.2, -0.15) is 0 Å². The Balaban J connectivity index is 2.58. The summed E-state index contributed by atoms with van der Waals surface area (Å²) in [6, 6.07) is 4.84. The first-order chi connectivity index (χ1) is 10.1. The lowest BCUT2D eigenvalue weighted by molar-refractivity contribution is 0.242. The molecule has 0 spiro atoms. The Kier molecular flexibility index (Phi) is 4.64. The number of ether oxygens (including phenoxy) is 1. The Labute approximate surface area is 140 Å². The third-order valence-electron chi connectivity index (χ3n) is 3.13. The number of hydrogen-bond acceptors (Lipinski definition) is 2. The Morgan fingerprint density at radius 2 is 1.77 bits per heavy atom. The zero-order chi connectivity index (χ0) is 16.7. The summed E-state index contributed by atoms with van der Waals surface area (Å²) >= 11 is 12.4. The number of aromatic nitrogens is 2. The summed E-state index contributed by atoms with van der Waals surface area (Å²) in [5, 5.41) is 3.89. The fourth-order valence-electron chi connectivity index (χ4n) is 1.99. The van der Waals surface area contributed by atoms with Crippen LogP contribution in [0.5, 0.6) is 5.75 Å². The van der Waals surface area contributed by atoms with Crippen LogP contribution in [0.4, 0.5) is 0 Å². The van der Waals surface area contributed by atoms with Gasteiger partial charge in [-0.1, -0.05) is 44.0 Å². The normalized spacial score (nSPS) is 12.0. The molecule has 2 rings (SSSR count). The van der Waals surface area contributed by atoms with Gasteiger partial charge in [-0.05, 0) is 19.9 Å². The lowest BCUT2D eigenvalue weighted by Crippen LogP contribution is -2.15. The highest BCUT2D eigenvalue weighted by molar-refractivity contribution is 6.36. The lowest BCUT2D eigenvalue weighted by atomic mass is 9.93. The fraction of sp³-hybridized carbons (Fsp3) is 0.438. The molecule has 0 saturated carbocycles. The van der Waals surface area contributed by atoms with Crippen molar-refractivity contribution in [3.05, 3.63) is 44.3 Å². The van der Waals surface area contributed by atoms with Gasteiger partial charge in [0.2, 0.25) is 0 Å². The second kappa shape index (κ2) is 6.01. The third kappa shape index (κ3) is 3.50. The Hall–Kier alpha value is -1.39. The van der Waals surface area contributed by atoms with Crippen LogP contribution in [-0.2, 0) is 5.41 Å². The molecular weight excluding hydrogens is 323 g/mol. The van der Waals surface area contributed by atoms with Gasteiger partial charge in [-0.3, -0.25) is 9.89 Å². The van der Waals surface area contributed by atoms with Crippen LogP contribution < -0.4 is 10.3 Å². The minimum atomic E-state index is -0.176. The summed E-state index contributed by atoms with van der Waals surface area (Å²) in [4.78, 5) is 12.3. The van der Waals surface area contributed by atoms with Crippen LogP contribution in [0, 0.1) is 0 Å². The molecule has 0 aliphatic carbocycles. The summed E-state index contributed by atoms with van der Waals surface area (Å²) in [7, 11) is 0. The number of halogens is 2. The molecule has 0 fully saturated rings. The van der Waals surface area contributed by atoms with Crippen LogP contribution in [-0.4, -0.2) is 15.9 Å². The molecular formula is C16H20Cl2N2O2. The van der Waals surface area contributed by atoms with E-state index in [1.807, 2.05) is 34.6 Å². The Bertz CT molecular complexity index is 740. The highest BCUT2D eigenvalue weighted by atomic mass is 35.5. The first kappa shape index (κ1) is 17.0. The van der Waals surface area contributed by atoms with E-state index in [1.54, 1.807) is 18.2 Å². The van der Waals surface area contributed by atoms with E-state index in [4.69, 9.17) is 27.9 Å². The molecule has 1 N–H and O–H groups in total. The summed E-state index contributed by atoms with van der Waals surface area (Å²) in [6.45, 7) is 9.89. The largest absolute Gasteiger partial charge is 0.489 e. The smallest absolute Gasteiger partial charge is 0.271 e.